The number of sulfonamides is 1. The van der Waals surface area contributed by atoms with Gasteiger partial charge in [-0.3, -0.25) is 9.78 Å². The Balaban J connectivity index is 1.93. The number of hydrogen-bond donors (Lipinski definition) is 2. The van der Waals surface area contributed by atoms with Crippen LogP contribution in [0, 0.1) is 11.6 Å². The molecular formula is C17H15F7N4O3S. The van der Waals surface area contributed by atoms with Gasteiger partial charge in [0.25, 0.3) is 12.3 Å². The molecule has 2 N–H and O–H groups in total. The van der Waals surface area contributed by atoms with Crippen LogP contribution in [0.2, 0.25) is 0 Å². The molecule has 176 valence electrons. The van der Waals surface area contributed by atoms with E-state index >= 15 is 0 Å². The Morgan fingerprint density at radius 1 is 1.22 bits per heavy atom. The van der Waals surface area contributed by atoms with Crippen molar-refractivity contribution in [1.82, 2.24) is 14.3 Å². The summed E-state index contributed by atoms with van der Waals surface area (Å²) in [5, 5.41) is 1.82. The molecule has 0 radical (unpaired) electrons. The van der Waals surface area contributed by atoms with Crippen molar-refractivity contribution >= 4 is 21.6 Å². The zero-order chi connectivity index (χ0) is 24.1. The van der Waals surface area contributed by atoms with E-state index < -0.39 is 80.5 Å². The van der Waals surface area contributed by atoms with Crippen LogP contribution >= 0.6 is 0 Å². The average molecular weight is 488 g/mol. The standard InChI is InChI=1S/C17H15F7N4O3S/c1-28-7-9(32(30,31)27-16(4-2-5-16)17(22,23)24)11(19)13(28)15(29)26-8-3-6-25-12(10(8)18)14(20)21/h3,6-7,14,27H,2,4-5H2,1H3,(H,25,26,29). The van der Waals surface area contributed by atoms with E-state index in [1.807, 2.05) is 5.32 Å². The van der Waals surface area contributed by atoms with Crippen LogP contribution < -0.4 is 10.0 Å². The van der Waals surface area contributed by atoms with E-state index in [0.717, 1.165) is 19.3 Å². The zero-order valence-electron chi connectivity index (χ0n) is 16.1. The van der Waals surface area contributed by atoms with Crippen molar-refractivity contribution in [3.8, 4) is 0 Å². The molecule has 0 aliphatic heterocycles. The van der Waals surface area contributed by atoms with Crippen molar-refractivity contribution in [3.63, 3.8) is 0 Å². The van der Waals surface area contributed by atoms with E-state index in [2.05, 4.69) is 4.98 Å². The molecule has 0 saturated heterocycles. The minimum atomic E-state index is -5.06. The highest BCUT2D eigenvalue weighted by Gasteiger charge is 2.60. The van der Waals surface area contributed by atoms with Gasteiger partial charge in [-0.15, -0.1) is 0 Å². The first-order valence-corrected chi connectivity index (χ1v) is 10.4. The number of pyridine rings is 1. The number of aromatic nitrogens is 2. The summed E-state index contributed by atoms with van der Waals surface area (Å²) in [5.41, 5.74) is -5.79. The van der Waals surface area contributed by atoms with Crippen LogP contribution in [0.1, 0.15) is 41.9 Å². The largest absolute Gasteiger partial charge is 0.407 e. The first-order chi connectivity index (χ1) is 14.7. The van der Waals surface area contributed by atoms with E-state index in [9.17, 15) is 43.9 Å². The van der Waals surface area contributed by atoms with Crippen LogP contribution in [0.15, 0.2) is 23.4 Å². The van der Waals surface area contributed by atoms with Crippen molar-refractivity contribution in [1.29, 1.82) is 0 Å². The Morgan fingerprint density at radius 2 is 1.84 bits per heavy atom. The van der Waals surface area contributed by atoms with Gasteiger partial charge in [0.2, 0.25) is 10.0 Å². The fourth-order valence-corrected chi connectivity index (χ4v) is 4.77. The molecule has 1 aliphatic carbocycles. The maximum absolute atomic E-state index is 14.8. The molecule has 2 heterocycles. The summed E-state index contributed by atoms with van der Waals surface area (Å²) < 4.78 is 121. The number of nitrogens with one attached hydrogen (secondary N) is 2. The Kier molecular flexibility index (Phi) is 6.01. The Hall–Kier alpha value is -2.68. The Labute approximate surface area is 176 Å². The second kappa shape index (κ2) is 8.03. The number of rotatable bonds is 6. The zero-order valence-corrected chi connectivity index (χ0v) is 16.9. The summed E-state index contributed by atoms with van der Waals surface area (Å²) >= 11 is 0. The normalized spacial score (nSPS) is 16.2. The lowest BCUT2D eigenvalue weighted by atomic mass is 9.77. The van der Waals surface area contributed by atoms with Crippen LogP contribution in [-0.2, 0) is 17.1 Å². The number of halogens is 7. The third kappa shape index (κ3) is 4.05. The van der Waals surface area contributed by atoms with E-state index in [4.69, 9.17) is 0 Å². The lowest BCUT2D eigenvalue weighted by Gasteiger charge is -2.43. The average Bonchev–Trinajstić information content (AvgIpc) is 2.94. The molecule has 1 fully saturated rings. The van der Waals surface area contributed by atoms with E-state index in [0.29, 0.717) is 10.8 Å². The van der Waals surface area contributed by atoms with Gasteiger partial charge in [0, 0.05) is 19.4 Å². The summed E-state index contributed by atoms with van der Waals surface area (Å²) in [5.74, 6) is -4.71. The van der Waals surface area contributed by atoms with E-state index in [-0.39, 0.29) is 6.42 Å². The lowest BCUT2D eigenvalue weighted by Crippen LogP contribution is -2.62. The minimum Gasteiger partial charge on any atom is -0.343 e. The third-order valence-electron chi connectivity index (χ3n) is 5.04. The number of amides is 1. The molecule has 1 aliphatic rings. The van der Waals surface area contributed by atoms with Gasteiger partial charge >= 0.3 is 6.18 Å². The molecule has 0 aromatic carbocycles. The van der Waals surface area contributed by atoms with Crippen molar-refractivity contribution in [2.75, 3.05) is 5.32 Å². The second-order valence-corrected chi connectivity index (χ2v) is 8.77. The number of hydrogen-bond acceptors (Lipinski definition) is 4. The van der Waals surface area contributed by atoms with Crippen LogP contribution in [-0.4, -0.2) is 35.6 Å². The number of carbonyl (C=O) groups excluding carboxylic acids is 1. The first kappa shape index (κ1) is 24.0. The maximum Gasteiger partial charge on any atom is 0.407 e. The number of carbonyl (C=O) groups is 1. The maximum atomic E-state index is 14.8. The Morgan fingerprint density at radius 3 is 2.34 bits per heavy atom. The van der Waals surface area contributed by atoms with Gasteiger partial charge in [-0.2, -0.15) is 17.9 Å². The van der Waals surface area contributed by atoms with Gasteiger partial charge in [0.1, 0.15) is 21.8 Å². The van der Waals surface area contributed by atoms with Gasteiger partial charge in [0.15, 0.2) is 11.6 Å². The number of aryl methyl sites for hydroxylation is 1. The van der Waals surface area contributed by atoms with Gasteiger partial charge in [-0.25, -0.2) is 26.0 Å². The van der Waals surface area contributed by atoms with Crippen molar-refractivity contribution in [3.05, 3.63) is 41.5 Å². The predicted molar refractivity (Wildman–Crippen MR) is 95.4 cm³/mol. The van der Waals surface area contributed by atoms with E-state index in [1.165, 1.54) is 4.72 Å². The SMILES string of the molecule is Cn1cc(S(=O)(=O)NC2(C(F)(F)F)CCC2)c(F)c1C(=O)Nc1ccnc(C(F)F)c1F. The smallest absolute Gasteiger partial charge is 0.343 e. The van der Waals surface area contributed by atoms with Crippen LogP contribution in [0.3, 0.4) is 0 Å². The molecule has 0 bridgehead atoms. The van der Waals surface area contributed by atoms with Crippen molar-refractivity contribution in [2.24, 2.45) is 7.05 Å². The molecule has 0 unspecified atom stereocenters. The number of alkyl halides is 5. The molecule has 15 heteroatoms. The summed E-state index contributed by atoms with van der Waals surface area (Å²) in [6.45, 7) is 0. The monoisotopic (exact) mass is 488 g/mol. The second-order valence-electron chi connectivity index (χ2n) is 7.12. The Bertz CT molecular complexity index is 1160. The molecule has 2 aromatic heterocycles. The fraction of sp³-hybridized carbons (Fsp3) is 0.412. The minimum absolute atomic E-state index is 0.102. The van der Waals surface area contributed by atoms with E-state index in [1.54, 1.807) is 0 Å². The van der Waals surface area contributed by atoms with Gasteiger partial charge < -0.3 is 9.88 Å². The highest BCUT2D eigenvalue weighted by Crippen LogP contribution is 2.46. The summed E-state index contributed by atoms with van der Waals surface area (Å²) in [4.78, 5) is 14.3. The molecule has 32 heavy (non-hydrogen) atoms. The molecule has 3 rings (SSSR count). The van der Waals surface area contributed by atoms with Crippen molar-refractivity contribution < 1.29 is 43.9 Å². The topological polar surface area (TPSA) is 93.1 Å². The molecular weight excluding hydrogens is 473 g/mol. The first-order valence-electron chi connectivity index (χ1n) is 8.89. The molecule has 7 nitrogen and oxygen atoms in total. The quantitative estimate of drug-likeness (QED) is 0.608. The highest BCUT2D eigenvalue weighted by atomic mass is 32.2. The molecule has 1 amide bonds. The number of nitrogens with zero attached hydrogens (tertiary/aromatic N) is 2. The van der Waals surface area contributed by atoms with Crippen LogP contribution in [0.5, 0.6) is 0 Å². The van der Waals surface area contributed by atoms with Gasteiger partial charge in [-0.1, -0.05) is 0 Å². The molecule has 2 aromatic rings. The summed E-state index contributed by atoms with van der Waals surface area (Å²) in [6.07, 6.45) is -7.87. The molecule has 0 spiro atoms. The van der Waals surface area contributed by atoms with Crippen LogP contribution in [0.4, 0.5) is 36.4 Å². The van der Waals surface area contributed by atoms with Gasteiger partial charge in [0.05, 0.1) is 5.69 Å². The molecule has 0 atom stereocenters. The molecule has 1 saturated carbocycles. The summed E-state index contributed by atoms with van der Waals surface area (Å²) in [6, 6.07) is 0.808. The summed E-state index contributed by atoms with van der Waals surface area (Å²) in [7, 11) is -4.03. The third-order valence-corrected chi connectivity index (χ3v) is 6.57. The predicted octanol–water partition coefficient (Wildman–Crippen LogP) is 3.65. The lowest BCUT2D eigenvalue weighted by molar-refractivity contribution is -0.212. The highest BCUT2D eigenvalue weighted by molar-refractivity contribution is 7.89. The number of anilines is 1. The fourth-order valence-electron chi connectivity index (χ4n) is 3.19. The van der Waals surface area contributed by atoms with Crippen LogP contribution in [0.25, 0.3) is 0 Å². The van der Waals surface area contributed by atoms with Crippen molar-refractivity contribution in [2.45, 2.75) is 42.3 Å². The van der Waals surface area contributed by atoms with Gasteiger partial charge in [-0.05, 0) is 25.3 Å².